The highest BCUT2D eigenvalue weighted by Gasteiger charge is 2.49. The average molecular weight is 463 g/mol. The highest BCUT2D eigenvalue weighted by atomic mass is 32.2. The van der Waals surface area contributed by atoms with E-state index in [2.05, 4.69) is 10.6 Å². The van der Waals surface area contributed by atoms with Crippen LogP contribution in [0.3, 0.4) is 0 Å². The summed E-state index contributed by atoms with van der Waals surface area (Å²) in [7, 11) is -3.17. The molecule has 4 amide bonds. The highest BCUT2D eigenvalue weighted by Crippen LogP contribution is 2.29. The summed E-state index contributed by atoms with van der Waals surface area (Å²) in [6.45, 7) is 0.914. The molecule has 0 aromatic heterocycles. The molecule has 2 aromatic carbocycles. The lowest BCUT2D eigenvalue weighted by atomic mass is 9.92. The number of carbonyl (C=O) groups excluding carboxylic acids is 3. The van der Waals surface area contributed by atoms with Gasteiger partial charge in [-0.2, -0.15) is 0 Å². The Hall–Kier alpha value is -3.47. The Morgan fingerprint density at radius 2 is 1.88 bits per heavy atom. The molecule has 1 atom stereocenters. The van der Waals surface area contributed by atoms with E-state index in [0.717, 1.165) is 11.2 Å². The molecule has 2 N–H and O–H groups in total. The van der Waals surface area contributed by atoms with Gasteiger partial charge < -0.3 is 15.4 Å². The van der Waals surface area contributed by atoms with Crippen molar-refractivity contribution in [2.24, 2.45) is 0 Å². The summed E-state index contributed by atoms with van der Waals surface area (Å²) < 4.78 is 40.9. The lowest BCUT2D eigenvalue weighted by Crippen LogP contribution is -2.42. The van der Waals surface area contributed by atoms with Crippen LogP contribution in [-0.2, 0) is 25.0 Å². The molecular weight excluding hydrogens is 441 g/mol. The number of halogens is 1. The first-order valence-corrected chi connectivity index (χ1v) is 11.6. The van der Waals surface area contributed by atoms with E-state index < -0.39 is 45.6 Å². The summed E-state index contributed by atoms with van der Waals surface area (Å²) in [5.74, 6) is -1.53. The van der Waals surface area contributed by atoms with Crippen LogP contribution >= 0.6 is 0 Å². The van der Waals surface area contributed by atoms with Crippen molar-refractivity contribution in [1.29, 1.82) is 0 Å². The van der Waals surface area contributed by atoms with Gasteiger partial charge in [-0.25, -0.2) is 17.6 Å². The number of nitrogens with one attached hydrogen (secondary N) is 2. The Morgan fingerprint density at radius 1 is 1.19 bits per heavy atom. The van der Waals surface area contributed by atoms with E-state index >= 15 is 0 Å². The van der Waals surface area contributed by atoms with Gasteiger partial charge in [-0.1, -0.05) is 18.2 Å². The topological polar surface area (TPSA) is 122 Å². The first kappa shape index (κ1) is 23.2. The molecule has 0 radical (unpaired) electrons. The third-order valence-electron chi connectivity index (χ3n) is 4.84. The predicted octanol–water partition coefficient (Wildman–Crippen LogP) is 1.65. The molecule has 11 heteroatoms. The van der Waals surface area contributed by atoms with E-state index in [-0.39, 0.29) is 12.4 Å². The van der Waals surface area contributed by atoms with Crippen molar-refractivity contribution in [3.8, 4) is 5.75 Å². The number of ether oxygens (including phenoxy) is 1. The largest absolute Gasteiger partial charge is 0.492 e. The van der Waals surface area contributed by atoms with Crippen molar-refractivity contribution in [1.82, 2.24) is 10.2 Å². The van der Waals surface area contributed by atoms with Gasteiger partial charge in [-0.3, -0.25) is 14.5 Å². The zero-order valence-corrected chi connectivity index (χ0v) is 18.2. The quantitative estimate of drug-likeness (QED) is 0.574. The van der Waals surface area contributed by atoms with Crippen LogP contribution in [0.2, 0.25) is 0 Å². The number of carbonyl (C=O) groups is 3. The number of urea groups is 1. The number of hydrogen-bond donors (Lipinski definition) is 2. The van der Waals surface area contributed by atoms with Gasteiger partial charge in [-0.15, -0.1) is 0 Å². The number of sulfone groups is 1. The monoisotopic (exact) mass is 463 g/mol. The van der Waals surface area contributed by atoms with Crippen LogP contribution in [0.15, 0.2) is 48.5 Å². The van der Waals surface area contributed by atoms with E-state index in [1.807, 2.05) is 0 Å². The third-order valence-corrected chi connectivity index (χ3v) is 5.75. The van der Waals surface area contributed by atoms with Crippen LogP contribution in [0.4, 0.5) is 14.9 Å². The standard InChI is InChI=1S/C21H22FN3O6S/c1-21(14-6-8-15(22)9-7-14)19(27)25(20(28)24-21)13-18(26)23-16-4-3-5-17(12-16)31-10-11-32(2,29)30/h3-9,12H,10-11,13H2,1-2H3,(H,23,26)(H,24,28). The second-order valence-corrected chi connectivity index (χ2v) is 9.77. The molecule has 0 saturated carbocycles. The van der Waals surface area contributed by atoms with E-state index in [4.69, 9.17) is 4.74 Å². The highest BCUT2D eigenvalue weighted by molar-refractivity contribution is 7.90. The molecule has 1 unspecified atom stereocenters. The van der Waals surface area contributed by atoms with E-state index in [9.17, 15) is 27.2 Å². The molecule has 0 aliphatic carbocycles. The summed E-state index contributed by atoms with van der Waals surface area (Å²) in [6.07, 6.45) is 1.10. The van der Waals surface area contributed by atoms with Crippen molar-refractivity contribution in [3.05, 3.63) is 59.9 Å². The number of benzene rings is 2. The summed E-state index contributed by atoms with van der Waals surface area (Å²) >= 11 is 0. The molecule has 2 aromatic rings. The SMILES string of the molecule is CC1(c2ccc(F)cc2)NC(=O)N(CC(=O)Nc2cccc(OCCS(C)(=O)=O)c2)C1=O. The minimum Gasteiger partial charge on any atom is -0.492 e. The minimum absolute atomic E-state index is 0.0410. The van der Waals surface area contributed by atoms with Crippen LogP contribution in [0.1, 0.15) is 12.5 Å². The van der Waals surface area contributed by atoms with E-state index in [0.29, 0.717) is 17.0 Å². The van der Waals surface area contributed by atoms with Crippen molar-refractivity contribution >= 4 is 33.4 Å². The van der Waals surface area contributed by atoms with E-state index in [1.54, 1.807) is 18.2 Å². The third kappa shape index (κ3) is 5.41. The fraction of sp³-hybridized carbons (Fsp3) is 0.286. The Balaban J connectivity index is 1.63. The summed E-state index contributed by atoms with van der Waals surface area (Å²) in [6, 6.07) is 10.7. The number of nitrogens with zero attached hydrogens (tertiary/aromatic N) is 1. The van der Waals surface area contributed by atoms with Crippen LogP contribution in [0.25, 0.3) is 0 Å². The summed E-state index contributed by atoms with van der Waals surface area (Å²) in [5, 5.41) is 5.12. The van der Waals surface area contributed by atoms with Crippen molar-refractivity contribution in [2.45, 2.75) is 12.5 Å². The second kappa shape index (κ2) is 8.95. The van der Waals surface area contributed by atoms with Gasteiger partial charge in [0.05, 0.1) is 5.75 Å². The fourth-order valence-corrected chi connectivity index (χ4v) is 3.52. The molecule has 170 valence electrons. The molecule has 1 fully saturated rings. The van der Waals surface area contributed by atoms with Gasteiger partial charge >= 0.3 is 6.03 Å². The first-order valence-electron chi connectivity index (χ1n) is 9.58. The van der Waals surface area contributed by atoms with Gasteiger partial charge in [0, 0.05) is 18.0 Å². The van der Waals surface area contributed by atoms with Gasteiger partial charge in [0.1, 0.15) is 30.3 Å². The zero-order chi connectivity index (χ0) is 23.5. The lowest BCUT2D eigenvalue weighted by Gasteiger charge is -2.22. The van der Waals surface area contributed by atoms with Gasteiger partial charge in [0.15, 0.2) is 9.84 Å². The molecule has 1 saturated heterocycles. The fourth-order valence-electron chi connectivity index (χ4n) is 3.14. The first-order chi connectivity index (χ1) is 15.0. The maximum atomic E-state index is 13.2. The summed E-state index contributed by atoms with van der Waals surface area (Å²) in [4.78, 5) is 38.5. The molecule has 0 spiro atoms. The molecule has 1 aliphatic heterocycles. The van der Waals surface area contributed by atoms with Crippen LogP contribution in [0.5, 0.6) is 5.75 Å². The predicted molar refractivity (Wildman–Crippen MR) is 114 cm³/mol. The molecule has 1 aliphatic rings. The Bertz CT molecular complexity index is 1150. The van der Waals surface area contributed by atoms with Crippen LogP contribution < -0.4 is 15.4 Å². The van der Waals surface area contributed by atoms with Gasteiger partial charge in [0.25, 0.3) is 5.91 Å². The molecule has 9 nitrogen and oxygen atoms in total. The Morgan fingerprint density at radius 3 is 2.53 bits per heavy atom. The number of amides is 4. The van der Waals surface area contributed by atoms with Crippen molar-refractivity contribution in [2.75, 3.05) is 30.5 Å². The smallest absolute Gasteiger partial charge is 0.325 e. The Labute approximate surface area is 184 Å². The molecular formula is C21H22FN3O6S. The molecule has 32 heavy (non-hydrogen) atoms. The number of imide groups is 1. The molecule has 1 heterocycles. The Kier molecular flexibility index (Phi) is 6.49. The van der Waals surface area contributed by atoms with Crippen LogP contribution in [-0.4, -0.2) is 56.3 Å². The zero-order valence-electron chi connectivity index (χ0n) is 17.4. The van der Waals surface area contributed by atoms with Gasteiger partial charge in [-0.05, 0) is 36.8 Å². The lowest BCUT2D eigenvalue weighted by molar-refractivity contribution is -0.133. The number of hydrogen-bond acceptors (Lipinski definition) is 6. The van der Waals surface area contributed by atoms with Crippen LogP contribution in [0, 0.1) is 5.82 Å². The van der Waals surface area contributed by atoms with Crippen molar-refractivity contribution in [3.63, 3.8) is 0 Å². The molecule has 0 bridgehead atoms. The maximum absolute atomic E-state index is 13.2. The minimum atomic E-state index is -3.17. The summed E-state index contributed by atoms with van der Waals surface area (Å²) in [5.41, 5.74) is -0.683. The normalized spacial score (nSPS) is 18.4. The number of rotatable bonds is 8. The maximum Gasteiger partial charge on any atom is 0.325 e. The van der Waals surface area contributed by atoms with Crippen molar-refractivity contribution < 1.29 is 31.9 Å². The number of anilines is 1. The van der Waals surface area contributed by atoms with Gasteiger partial charge in [0.2, 0.25) is 5.91 Å². The van der Waals surface area contributed by atoms with E-state index in [1.165, 1.54) is 37.3 Å². The molecule has 3 rings (SSSR count). The average Bonchev–Trinajstić information content (AvgIpc) is 2.91. The second-order valence-electron chi connectivity index (χ2n) is 7.51.